The first-order chi connectivity index (χ1) is 10.8. The van der Waals surface area contributed by atoms with Gasteiger partial charge >= 0.3 is 5.97 Å². The minimum Gasteiger partial charge on any atom is -0.493 e. The van der Waals surface area contributed by atoms with Gasteiger partial charge in [0.2, 0.25) is 5.88 Å². The van der Waals surface area contributed by atoms with Crippen molar-refractivity contribution in [1.82, 2.24) is 9.97 Å². The monoisotopic (exact) mass is 294 g/mol. The lowest BCUT2D eigenvalue weighted by Gasteiger charge is -2.06. The van der Waals surface area contributed by atoms with Crippen LogP contribution in [0.1, 0.15) is 6.42 Å². The Morgan fingerprint density at radius 2 is 1.68 bits per heavy atom. The average molecular weight is 294 g/mol. The highest BCUT2D eigenvalue weighted by Crippen LogP contribution is 2.13. The van der Waals surface area contributed by atoms with Gasteiger partial charge in [0.05, 0.1) is 30.3 Å². The Bertz CT molecular complexity index is 775. The summed E-state index contributed by atoms with van der Waals surface area (Å²) in [5.74, 6) is 0.518. The molecule has 0 bridgehead atoms. The van der Waals surface area contributed by atoms with Crippen LogP contribution in [-0.4, -0.2) is 22.5 Å². The van der Waals surface area contributed by atoms with Gasteiger partial charge in [-0.25, -0.2) is 9.97 Å². The quantitative estimate of drug-likeness (QED) is 0.677. The van der Waals surface area contributed by atoms with Gasteiger partial charge < -0.3 is 9.47 Å². The zero-order chi connectivity index (χ0) is 15.2. The fourth-order valence-electron chi connectivity index (χ4n) is 1.93. The summed E-state index contributed by atoms with van der Waals surface area (Å²) in [6.45, 7) is 0.254. The van der Waals surface area contributed by atoms with Gasteiger partial charge in [0.25, 0.3) is 0 Å². The molecule has 0 fully saturated rings. The number of esters is 1. The number of nitrogens with zero attached hydrogens (tertiary/aromatic N) is 2. The number of hydrogen-bond acceptors (Lipinski definition) is 5. The van der Waals surface area contributed by atoms with E-state index in [1.165, 1.54) is 6.20 Å². The van der Waals surface area contributed by atoms with E-state index in [0.29, 0.717) is 5.52 Å². The molecule has 22 heavy (non-hydrogen) atoms. The van der Waals surface area contributed by atoms with Crippen molar-refractivity contribution in [1.29, 1.82) is 0 Å². The number of benzene rings is 2. The number of carbonyl (C=O) groups is 1. The summed E-state index contributed by atoms with van der Waals surface area (Å²) >= 11 is 0. The van der Waals surface area contributed by atoms with Crippen LogP contribution in [0.3, 0.4) is 0 Å². The second-order valence-electron chi connectivity index (χ2n) is 4.58. The summed E-state index contributed by atoms with van der Waals surface area (Å²) < 4.78 is 10.6. The molecule has 0 spiro atoms. The molecule has 0 atom stereocenters. The van der Waals surface area contributed by atoms with E-state index in [1.807, 2.05) is 54.6 Å². The van der Waals surface area contributed by atoms with E-state index in [-0.39, 0.29) is 18.9 Å². The zero-order valence-electron chi connectivity index (χ0n) is 11.8. The van der Waals surface area contributed by atoms with Crippen LogP contribution in [-0.2, 0) is 4.79 Å². The largest absolute Gasteiger partial charge is 0.493 e. The van der Waals surface area contributed by atoms with E-state index in [2.05, 4.69) is 9.97 Å². The van der Waals surface area contributed by atoms with Gasteiger partial charge in [-0.1, -0.05) is 30.3 Å². The van der Waals surface area contributed by atoms with Crippen LogP contribution in [0.15, 0.2) is 60.8 Å². The number of carbonyl (C=O) groups excluding carboxylic acids is 1. The van der Waals surface area contributed by atoms with Crippen LogP contribution < -0.4 is 9.47 Å². The predicted molar refractivity (Wildman–Crippen MR) is 81.7 cm³/mol. The number of aromatic nitrogens is 2. The van der Waals surface area contributed by atoms with E-state index in [0.717, 1.165) is 11.3 Å². The number of hydrogen-bond donors (Lipinski definition) is 0. The lowest BCUT2D eigenvalue weighted by Crippen LogP contribution is -2.13. The van der Waals surface area contributed by atoms with E-state index in [9.17, 15) is 4.79 Å². The highest BCUT2D eigenvalue weighted by Gasteiger charge is 2.08. The summed E-state index contributed by atoms with van der Waals surface area (Å²) in [4.78, 5) is 20.2. The summed E-state index contributed by atoms with van der Waals surface area (Å²) in [6.07, 6.45) is 1.59. The van der Waals surface area contributed by atoms with Gasteiger partial charge in [0.1, 0.15) is 5.75 Å². The summed E-state index contributed by atoms with van der Waals surface area (Å²) in [6, 6.07) is 16.7. The maximum atomic E-state index is 11.8. The second kappa shape index (κ2) is 6.67. The molecule has 0 saturated carbocycles. The third-order valence-corrected chi connectivity index (χ3v) is 2.96. The molecule has 0 saturated heterocycles. The Morgan fingerprint density at radius 1 is 0.955 bits per heavy atom. The second-order valence-corrected chi connectivity index (χ2v) is 4.58. The minimum absolute atomic E-state index is 0.142. The fraction of sp³-hybridized carbons (Fsp3) is 0.118. The van der Waals surface area contributed by atoms with Crippen molar-refractivity contribution < 1.29 is 14.3 Å². The summed E-state index contributed by atoms with van der Waals surface area (Å²) in [7, 11) is 0. The molecular weight excluding hydrogens is 280 g/mol. The first-order valence-corrected chi connectivity index (χ1v) is 6.91. The van der Waals surface area contributed by atoms with Gasteiger partial charge in [-0.3, -0.25) is 4.79 Å². The molecule has 5 nitrogen and oxygen atoms in total. The van der Waals surface area contributed by atoms with E-state index >= 15 is 0 Å². The minimum atomic E-state index is -0.402. The first-order valence-electron chi connectivity index (χ1n) is 6.91. The molecule has 3 aromatic rings. The van der Waals surface area contributed by atoms with Crippen molar-refractivity contribution in [3.63, 3.8) is 0 Å². The molecule has 0 N–H and O–H groups in total. The molecule has 2 aromatic carbocycles. The van der Waals surface area contributed by atoms with Crippen molar-refractivity contribution in [3.05, 3.63) is 60.8 Å². The summed E-state index contributed by atoms with van der Waals surface area (Å²) in [5, 5.41) is 0. The topological polar surface area (TPSA) is 61.3 Å². The smallest absolute Gasteiger partial charge is 0.316 e. The lowest BCUT2D eigenvalue weighted by atomic mass is 10.3. The molecule has 0 unspecified atom stereocenters. The third-order valence-electron chi connectivity index (χ3n) is 2.96. The number of ether oxygens (including phenoxy) is 2. The Hall–Kier alpha value is -2.95. The van der Waals surface area contributed by atoms with E-state index in [1.54, 1.807) is 0 Å². The zero-order valence-corrected chi connectivity index (χ0v) is 11.8. The van der Waals surface area contributed by atoms with Crippen LogP contribution >= 0.6 is 0 Å². The van der Waals surface area contributed by atoms with Gasteiger partial charge in [-0.15, -0.1) is 0 Å². The van der Waals surface area contributed by atoms with Crippen LogP contribution in [0, 0.1) is 0 Å². The Balaban J connectivity index is 1.54. The van der Waals surface area contributed by atoms with Crippen LogP contribution in [0.25, 0.3) is 11.0 Å². The molecule has 1 aromatic heterocycles. The SMILES string of the molecule is O=C(CCOc1ccccc1)Oc1cnc2ccccc2n1. The predicted octanol–water partition coefficient (Wildman–Crippen LogP) is 3.00. The van der Waals surface area contributed by atoms with Crippen molar-refractivity contribution in [2.75, 3.05) is 6.61 Å². The molecular formula is C17H14N2O3. The van der Waals surface area contributed by atoms with Gasteiger partial charge in [0.15, 0.2) is 0 Å². The maximum absolute atomic E-state index is 11.8. The van der Waals surface area contributed by atoms with Crippen molar-refractivity contribution in [2.24, 2.45) is 0 Å². The molecule has 0 radical (unpaired) electrons. The van der Waals surface area contributed by atoms with Gasteiger partial charge in [-0.05, 0) is 24.3 Å². The number of para-hydroxylation sites is 3. The van der Waals surface area contributed by atoms with Crippen LogP contribution in [0.2, 0.25) is 0 Å². The number of rotatable bonds is 5. The lowest BCUT2D eigenvalue weighted by molar-refractivity contribution is -0.135. The summed E-state index contributed by atoms with van der Waals surface area (Å²) in [5.41, 5.74) is 1.45. The highest BCUT2D eigenvalue weighted by atomic mass is 16.5. The Morgan fingerprint density at radius 3 is 2.50 bits per heavy atom. The molecule has 0 amide bonds. The molecule has 5 heteroatoms. The first kappa shape index (κ1) is 14.0. The Labute approximate surface area is 127 Å². The fourth-order valence-corrected chi connectivity index (χ4v) is 1.93. The van der Waals surface area contributed by atoms with Crippen molar-refractivity contribution in [2.45, 2.75) is 6.42 Å². The molecule has 0 aliphatic rings. The van der Waals surface area contributed by atoms with Gasteiger partial charge in [-0.2, -0.15) is 0 Å². The van der Waals surface area contributed by atoms with Crippen molar-refractivity contribution in [3.8, 4) is 11.6 Å². The van der Waals surface area contributed by atoms with Crippen LogP contribution in [0.4, 0.5) is 0 Å². The molecule has 0 aliphatic heterocycles. The number of fused-ring (bicyclic) bond motifs is 1. The average Bonchev–Trinajstić information content (AvgIpc) is 2.56. The third kappa shape index (κ3) is 3.58. The maximum Gasteiger partial charge on any atom is 0.316 e. The standard InChI is InChI=1S/C17H14N2O3/c20-17(10-11-21-13-6-2-1-3-7-13)22-16-12-18-14-8-4-5-9-15(14)19-16/h1-9,12H,10-11H2. The van der Waals surface area contributed by atoms with Crippen molar-refractivity contribution >= 4 is 17.0 Å². The molecule has 3 rings (SSSR count). The van der Waals surface area contributed by atoms with Crippen LogP contribution in [0.5, 0.6) is 11.6 Å². The highest BCUT2D eigenvalue weighted by molar-refractivity contribution is 5.76. The normalized spacial score (nSPS) is 10.4. The molecule has 110 valence electrons. The van der Waals surface area contributed by atoms with E-state index in [4.69, 9.17) is 9.47 Å². The van der Waals surface area contributed by atoms with E-state index < -0.39 is 5.97 Å². The molecule has 1 heterocycles. The molecule has 0 aliphatic carbocycles. The van der Waals surface area contributed by atoms with Gasteiger partial charge in [0, 0.05) is 0 Å². The Kier molecular flexibility index (Phi) is 4.25.